The van der Waals surface area contributed by atoms with E-state index < -0.39 is 0 Å². The third-order valence-electron chi connectivity index (χ3n) is 6.95. The van der Waals surface area contributed by atoms with Gasteiger partial charge in [-0.25, -0.2) is 0 Å². The molecular formula is C32H50Cl2N3O3. The molecule has 40 heavy (non-hydrogen) atoms. The number of ether oxygens (including phenoxy) is 3. The molecule has 0 aliphatic rings. The molecule has 0 fully saturated rings. The van der Waals surface area contributed by atoms with E-state index in [0.29, 0.717) is 0 Å². The third-order valence-corrected chi connectivity index (χ3v) is 6.95. The highest BCUT2D eigenvalue weighted by Gasteiger charge is 2.17. The molecule has 0 aliphatic carbocycles. The lowest BCUT2D eigenvalue weighted by Gasteiger charge is -2.19. The van der Waals surface area contributed by atoms with Crippen LogP contribution in [0.5, 0.6) is 17.2 Å². The van der Waals surface area contributed by atoms with E-state index in [4.69, 9.17) is 14.2 Å². The topological polar surface area (TPSA) is 63.8 Å². The lowest BCUT2D eigenvalue weighted by molar-refractivity contribution is 0.400. The zero-order valence-corrected chi connectivity index (χ0v) is 26.4. The predicted octanol–water partition coefficient (Wildman–Crippen LogP) is 5.36. The Balaban J connectivity index is -0.00000320. The number of hydrogen-bond acceptors (Lipinski definition) is 6. The smallest absolute Gasteiger partial charge is 0.125 e. The summed E-state index contributed by atoms with van der Waals surface area (Å²) in [4.78, 5) is 0. The summed E-state index contributed by atoms with van der Waals surface area (Å²) in [7, 11) is 11.2. The summed E-state index contributed by atoms with van der Waals surface area (Å²) < 4.78 is 17.6. The van der Waals surface area contributed by atoms with Gasteiger partial charge in [-0.2, -0.15) is 0 Å². The number of rotatable bonds is 16. The van der Waals surface area contributed by atoms with Gasteiger partial charge >= 0.3 is 0 Å². The van der Waals surface area contributed by atoms with E-state index in [0.717, 1.165) is 69.0 Å². The van der Waals surface area contributed by atoms with Gasteiger partial charge in [-0.15, -0.1) is 24.8 Å². The fourth-order valence-corrected chi connectivity index (χ4v) is 4.97. The Morgan fingerprint density at radius 1 is 0.525 bits per heavy atom. The van der Waals surface area contributed by atoms with Gasteiger partial charge in [-0.05, 0) is 111 Å². The molecule has 0 bridgehead atoms. The number of methoxy groups -OCH3 is 3. The van der Waals surface area contributed by atoms with E-state index in [1.807, 2.05) is 21.1 Å². The van der Waals surface area contributed by atoms with Gasteiger partial charge in [0.1, 0.15) is 17.2 Å². The number of likely N-dealkylation sites (N-methyl/N-ethyl adjacent to an activating group) is 3. The van der Waals surface area contributed by atoms with Crippen LogP contribution in [0.1, 0.15) is 43.2 Å². The average Bonchev–Trinajstić information content (AvgIpc) is 2.94. The maximum Gasteiger partial charge on any atom is 0.125 e. The molecular weight excluding hydrogens is 545 g/mol. The fourth-order valence-electron chi connectivity index (χ4n) is 4.97. The highest BCUT2D eigenvalue weighted by Crippen LogP contribution is 2.34. The van der Waals surface area contributed by atoms with E-state index in [2.05, 4.69) is 64.5 Å². The van der Waals surface area contributed by atoms with Crippen LogP contribution < -0.4 is 30.2 Å². The summed E-state index contributed by atoms with van der Waals surface area (Å²) >= 11 is 0. The molecule has 0 atom stereocenters. The molecule has 3 aromatic carbocycles. The molecule has 0 unspecified atom stereocenters. The molecule has 3 aromatic rings. The van der Waals surface area contributed by atoms with Crippen LogP contribution in [0.25, 0.3) is 0 Å². The second kappa shape index (κ2) is 18.8. The van der Waals surface area contributed by atoms with Crippen molar-refractivity contribution in [2.45, 2.75) is 32.1 Å². The van der Waals surface area contributed by atoms with Gasteiger partial charge in [0.25, 0.3) is 0 Å². The molecule has 0 aliphatic heterocycles. The van der Waals surface area contributed by atoms with Crippen LogP contribution in [-0.2, 0) is 32.1 Å². The van der Waals surface area contributed by atoms with Crippen molar-refractivity contribution in [3.05, 3.63) is 87.5 Å². The molecule has 6 nitrogen and oxygen atoms in total. The summed E-state index contributed by atoms with van der Waals surface area (Å²) in [5.41, 5.74) is 8.56. The zero-order valence-electron chi connectivity index (χ0n) is 27.8. The van der Waals surface area contributed by atoms with E-state index in [-0.39, 0.29) is 29.1 Å². The van der Waals surface area contributed by atoms with Crippen LogP contribution in [0.2, 0.25) is 0 Å². The van der Waals surface area contributed by atoms with E-state index in [9.17, 15) is 0 Å². The molecule has 225 valence electrons. The van der Waals surface area contributed by atoms with E-state index in [1.165, 1.54) is 38.9 Å². The summed E-state index contributed by atoms with van der Waals surface area (Å²) in [5, 5.41) is 9.78. The molecule has 0 amide bonds. The quantitative estimate of drug-likeness (QED) is 0.207. The van der Waals surface area contributed by atoms with Crippen LogP contribution >= 0.6 is 24.8 Å². The standard InChI is InChI=1S/C32H45N3O3.2ClH.3H/c1-33-14-11-23-7-9-30(36-4)26(17-23)21-28-19-25(13-16-35-3)20-29(32(28)38-6)22-27-18-24(12-15-34-2)8-10-31(27)37-5;;;;;/h7-10,17-20,33-35H,11-16,21-22H2,1-6H3;2*1H;;;. The van der Waals surface area contributed by atoms with Crippen LogP contribution in [0.4, 0.5) is 0 Å². The lowest BCUT2D eigenvalue weighted by Crippen LogP contribution is -2.12. The molecule has 0 aromatic heterocycles. The van der Waals surface area contributed by atoms with Gasteiger partial charge < -0.3 is 30.2 Å². The Kier molecular flexibility index (Phi) is 16.7. The maximum atomic E-state index is 6.10. The number of halogens is 2. The Morgan fingerprint density at radius 2 is 0.900 bits per heavy atom. The molecule has 3 N–H and O–H groups in total. The Bertz CT molecular complexity index is 1110. The minimum atomic E-state index is 0. The monoisotopic (exact) mass is 594 g/mol. The normalized spacial score (nSPS) is 10.4. The maximum absolute atomic E-state index is 6.10. The molecule has 0 spiro atoms. The average molecular weight is 596 g/mol. The van der Waals surface area contributed by atoms with Gasteiger partial charge in [0.15, 0.2) is 0 Å². The van der Waals surface area contributed by atoms with Gasteiger partial charge in [-0.3, -0.25) is 0 Å². The summed E-state index contributed by atoms with van der Waals surface area (Å²) in [5.74, 6) is 2.74. The van der Waals surface area contributed by atoms with Gasteiger partial charge in [-0.1, -0.05) is 36.4 Å². The molecule has 0 saturated carbocycles. The first-order valence-electron chi connectivity index (χ1n) is 13.5. The Labute approximate surface area is 257 Å². The number of nitrogens with one attached hydrogen (secondary N) is 3. The van der Waals surface area contributed by atoms with Gasteiger partial charge in [0.05, 0.1) is 21.3 Å². The number of hydrogen-bond donors (Lipinski definition) is 3. The minimum Gasteiger partial charge on any atom is -0.496 e. The van der Waals surface area contributed by atoms with Crippen molar-refractivity contribution in [1.29, 1.82) is 0 Å². The summed E-state index contributed by atoms with van der Waals surface area (Å²) in [6, 6.07) is 17.6. The highest BCUT2D eigenvalue weighted by molar-refractivity contribution is 5.85. The van der Waals surface area contributed by atoms with E-state index >= 15 is 0 Å². The van der Waals surface area contributed by atoms with Crippen molar-refractivity contribution in [2.24, 2.45) is 0 Å². The van der Waals surface area contributed by atoms with Crippen LogP contribution in [0.3, 0.4) is 0 Å². The molecule has 3 radical (unpaired) electrons. The molecule has 0 saturated heterocycles. The van der Waals surface area contributed by atoms with Crippen molar-refractivity contribution < 1.29 is 18.5 Å². The molecule has 8 heteroatoms. The Hall–Kier alpha value is -2.48. The zero-order chi connectivity index (χ0) is 27.3. The van der Waals surface area contributed by atoms with Gasteiger partial charge in [0.2, 0.25) is 0 Å². The van der Waals surface area contributed by atoms with Crippen molar-refractivity contribution in [3.63, 3.8) is 0 Å². The molecule has 0 heterocycles. The van der Waals surface area contributed by atoms with Crippen LogP contribution in [0.15, 0.2) is 48.5 Å². The second-order valence-corrected chi connectivity index (χ2v) is 9.65. The summed E-state index contributed by atoms with van der Waals surface area (Å²) in [6.45, 7) is 2.79. The Morgan fingerprint density at radius 3 is 1.25 bits per heavy atom. The lowest BCUT2D eigenvalue weighted by atomic mass is 9.92. The van der Waals surface area contributed by atoms with Crippen molar-refractivity contribution in [2.75, 3.05) is 62.1 Å². The first-order valence-corrected chi connectivity index (χ1v) is 13.5. The fraction of sp³-hybridized carbons (Fsp3) is 0.438. The highest BCUT2D eigenvalue weighted by atomic mass is 35.5. The van der Waals surface area contributed by atoms with Gasteiger partial charge in [0, 0.05) is 17.1 Å². The molecule has 3 rings (SSSR count). The minimum absolute atomic E-state index is 0. The van der Waals surface area contributed by atoms with Crippen LogP contribution in [-0.4, -0.2) is 62.1 Å². The summed E-state index contributed by atoms with van der Waals surface area (Å²) in [6.07, 6.45) is 4.36. The second-order valence-electron chi connectivity index (χ2n) is 9.65. The largest absolute Gasteiger partial charge is 0.496 e. The van der Waals surface area contributed by atoms with Crippen molar-refractivity contribution in [3.8, 4) is 17.2 Å². The van der Waals surface area contributed by atoms with Crippen molar-refractivity contribution >= 4 is 24.8 Å². The SMILES string of the molecule is CNCCc1ccc(OC)c(Cc2cc(CCNC)cc(Cc3cc(CCNC)ccc3OC)c2OC)c1.Cl.Cl.[H].[H].[H]. The van der Waals surface area contributed by atoms with Crippen LogP contribution in [0, 0.1) is 0 Å². The van der Waals surface area contributed by atoms with Crippen molar-refractivity contribution in [1.82, 2.24) is 16.0 Å². The number of benzene rings is 3. The predicted molar refractivity (Wildman–Crippen MR) is 175 cm³/mol. The first kappa shape index (κ1) is 35.5. The third kappa shape index (κ3) is 9.86. The van der Waals surface area contributed by atoms with E-state index in [1.54, 1.807) is 21.3 Å². The first-order chi connectivity index (χ1) is 18.6.